The minimum Gasteiger partial charge on any atom is -0.547 e. The Morgan fingerprint density at radius 3 is 2.43 bits per heavy atom. The molecule has 0 unspecified atom stereocenters. The van der Waals surface area contributed by atoms with Gasteiger partial charge >= 0.3 is 0 Å². The fourth-order valence-electron chi connectivity index (χ4n) is 3.57. The average molecular weight is 333 g/mol. The Balaban J connectivity index is 1.61. The van der Waals surface area contributed by atoms with Gasteiger partial charge in [-0.3, -0.25) is 0 Å². The summed E-state index contributed by atoms with van der Waals surface area (Å²) in [5, 5.41) is 0. The molecule has 0 N–H and O–H groups in total. The number of methoxy groups -OCH3 is 1. The first-order valence-corrected chi connectivity index (χ1v) is 12.0. The van der Waals surface area contributed by atoms with E-state index in [0.717, 1.165) is 12.2 Å². The molecule has 3 nitrogen and oxygen atoms in total. The van der Waals surface area contributed by atoms with Crippen LogP contribution >= 0.6 is 0 Å². The molecule has 2 bridgehead atoms. The molecule has 1 fully saturated rings. The second-order valence-corrected chi connectivity index (χ2v) is 12.1. The third-order valence-corrected chi connectivity index (χ3v) is 5.49. The van der Waals surface area contributed by atoms with Crippen LogP contribution in [-0.2, 0) is 15.8 Å². The van der Waals surface area contributed by atoms with Crippen LogP contribution in [0.1, 0.15) is 24.8 Å². The molecule has 126 valence electrons. The van der Waals surface area contributed by atoms with Crippen molar-refractivity contribution in [3.8, 4) is 5.75 Å². The van der Waals surface area contributed by atoms with Crippen LogP contribution in [0.4, 0.5) is 0 Å². The molecular formula is C19H28O3Si. The molecule has 0 aromatic heterocycles. The minimum absolute atomic E-state index is 0.298. The van der Waals surface area contributed by atoms with Crippen LogP contribution in [0.3, 0.4) is 0 Å². The van der Waals surface area contributed by atoms with Crippen molar-refractivity contribution in [1.29, 1.82) is 0 Å². The summed E-state index contributed by atoms with van der Waals surface area (Å²) in [5.74, 6) is 3.18. The fraction of sp³-hybridized carbons (Fsp3) is 0.579. The highest BCUT2D eigenvalue weighted by Gasteiger charge is 2.40. The van der Waals surface area contributed by atoms with Gasteiger partial charge in [-0.1, -0.05) is 12.1 Å². The van der Waals surface area contributed by atoms with Crippen molar-refractivity contribution in [2.45, 2.75) is 51.6 Å². The van der Waals surface area contributed by atoms with Crippen molar-refractivity contribution < 1.29 is 13.9 Å². The maximum absolute atomic E-state index is 6.33. The van der Waals surface area contributed by atoms with Gasteiger partial charge in [0.05, 0.1) is 25.6 Å². The van der Waals surface area contributed by atoms with E-state index in [1.807, 2.05) is 12.1 Å². The molecule has 1 aromatic carbocycles. The maximum Gasteiger partial charge on any atom is 0.241 e. The molecule has 23 heavy (non-hydrogen) atoms. The van der Waals surface area contributed by atoms with Crippen molar-refractivity contribution in [2.75, 3.05) is 7.11 Å². The van der Waals surface area contributed by atoms with Gasteiger partial charge in [0.25, 0.3) is 0 Å². The van der Waals surface area contributed by atoms with Gasteiger partial charge in [0.15, 0.2) is 0 Å². The highest BCUT2D eigenvalue weighted by molar-refractivity contribution is 6.70. The summed E-state index contributed by atoms with van der Waals surface area (Å²) in [4.78, 5) is 0. The van der Waals surface area contributed by atoms with Crippen LogP contribution in [0, 0.1) is 11.8 Å². The van der Waals surface area contributed by atoms with Crippen molar-refractivity contribution in [3.05, 3.63) is 41.7 Å². The Morgan fingerprint density at radius 2 is 1.83 bits per heavy atom. The number of fused-ring (bicyclic) bond motifs is 2. The minimum atomic E-state index is -1.55. The van der Waals surface area contributed by atoms with Gasteiger partial charge in [-0.15, -0.1) is 0 Å². The van der Waals surface area contributed by atoms with Crippen LogP contribution < -0.4 is 4.74 Å². The molecule has 0 saturated heterocycles. The van der Waals surface area contributed by atoms with Crippen LogP contribution in [-0.4, -0.2) is 21.5 Å². The third-order valence-electron chi connectivity index (χ3n) is 4.64. The lowest BCUT2D eigenvalue weighted by Gasteiger charge is -2.43. The van der Waals surface area contributed by atoms with E-state index in [-0.39, 0.29) is 0 Å². The Kier molecular flexibility index (Phi) is 4.83. The van der Waals surface area contributed by atoms with Crippen LogP contribution in [0.2, 0.25) is 19.6 Å². The van der Waals surface area contributed by atoms with Crippen molar-refractivity contribution >= 4 is 8.32 Å². The summed E-state index contributed by atoms with van der Waals surface area (Å²) < 4.78 is 17.8. The van der Waals surface area contributed by atoms with Crippen molar-refractivity contribution in [1.82, 2.24) is 0 Å². The number of allylic oxidation sites excluding steroid dienone is 1. The molecule has 3 atom stereocenters. The monoisotopic (exact) mass is 332 g/mol. The van der Waals surface area contributed by atoms with E-state index >= 15 is 0 Å². The molecule has 1 aromatic rings. The first-order valence-electron chi connectivity index (χ1n) is 8.60. The van der Waals surface area contributed by atoms with Gasteiger partial charge in [0.2, 0.25) is 8.32 Å². The average Bonchev–Trinajstić information content (AvgIpc) is 2.52. The predicted octanol–water partition coefficient (Wildman–Crippen LogP) is 4.75. The number of hydrogen-bond donors (Lipinski definition) is 0. The van der Waals surface area contributed by atoms with Gasteiger partial charge in [-0.2, -0.15) is 0 Å². The van der Waals surface area contributed by atoms with Gasteiger partial charge in [0.1, 0.15) is 5.75 Å². The van der Waals surface area contributed by atoms with Crippen molar-refractivity contribution in [2.24, 2.45) is 11.8 Å². The molecule has 0 heterocycles. The molecular weight excluding hydrogens is 304 g/mol. The van der Waals surface area contributed by atoms with Crippen LogP contribution in [0.5, 0.6) is 5.75 Å². The lowest BCUT2D eigenvalue weighted by molar-refractivity contribution is -0.0379. The summed E-state index contributed by atoms with van der Waals surface area (Å²) in [6.07, 6.45) is 6.30. The Hall–Kier alpha value is -1.26. The molecule has 1 saturated carbocycles. The van der Waals surface area contributed by atoms with E-state index in [4.69, 9.17) is 13.9 Å². The quantitative estimate of drug-likeness (QED) is 0.704. The standard InChI is InChI=1S/C19H28O3Si/c1-20-16-8-5-14(6-9-16)13-21-18-11-15-7-10-17(18)19(12-15)22-23(2,3)4/h5-6,8-9,12,15,17-18H,7,10-11,13H2,1-4H3/t15-,17+,18-/m0/s1. The van der Waals surface area contributed by atoms with Crippen molar-refractivity contribution in [3.63, 3.8) is 0 Å². The zero-order valence-electron chi connectivity index (χ0n) is 14.7. The Bertz CT molecular complexity index is 559. The number of ether oxygens (including phenoxy) is 2. The molecule has 4 heteroatoms. The zero-order chi connectivity index (χ0) is 16.4. The van der Waals surface area contributed by atoms with E-state index in [1.54, 1.807) is 7.11 Å². The number of benzene rings is 1. The molecule has 0 radical (unpaired) electrons. The molecule has 3 aliphatic rings. The first kappa shape index (κ1) is 16.6. The Morgan fingerprint density at radius 1 is 1.09 bits per heavy atom. The molecule has 0 amide bonds. The maximum atomic E-state index is 6.33. The number of rotatable bonds is 6. The zero-order valence-corrected chi connectivity index (χ0v) is 15.7. The van der Waals surface area contributed by atoms with E-state index in [2.05, 4.69) is 37.8 Å². The SMILES string of the molecule is COc1ccc(CO[C@H]2C[C@H]3C=C(O[Si](C)(C)C)[C@@H]2CC3)cc1. The van der Waals surface area contributed by atoms with Gasteiger partial charge < -0.3 is 13.9 Å². The molecule has 0 aliphatic heterocycles. The lowest BCUT2D eigenvalue weighted by atomic mass is 9.73. The molecule has 4 rings (SSSR count). The highest BCUT2D eigenvalue weighted by atomic mass is 28.4. The van der Waals surface area contributed by atoms with Gasteiger partial charge in [-0.25, -0.2) is 0 Å². The summed E-state index contributed by atoms with van der Waals surface area (Å²) in [6, 6.07) is 8.14. The topological polar surface area (TPSA) is 27.7 Å². The first-order chi connectivity index (χ1) is 10.9. The molecule has 3 aliphatic carbocycles. The van der Waals surface area contributed by atoms with E-state index in [1.165, 1.54) is 24.2 Å². The van der Waals surface area contributed by atoms with E-state index in [9.17, 15) is 0 Å². The largest absolute Gasteiger partial charge is 0.547 e. The summed E-state index contributed by atoms with van der Waals surface area (Å²) in [6.45, 7) is 7.42. The van der Waals surface area contributed by atoms with Gasteiger partial charge in [-0.05, 0) is 68.6 Å². The predicted molar refractivity (Wildman–Crippen MR) is 94.9 cm³/mol. The normalized spacial score (nSPS) is 26.8. The number of hydrogen-bond acceptors (Lipinski definition) is 3. The Labute approximate surface area is 140 Å². The van der Waals surface area contributed by atoms with E-state index < -0.39 is 8.32 Å². The second kappa shape index (κ2) is 6.69. The fourth-order valence-corrected chi connectivity index (χ4v) is 4.49. The van der Waals surface area contributed by atoms with Crippen LogP contribution in [0.15, 0.2) is 36.1 Å². The van der Waals surface area contributed by atoms with Crippen LogP contribution in [0.25, 0.3) is 0 Å². The smallest absolute Gasteiger partial charge is 0.241 e. The summed E-state index contributed by atoms with van der Waals surface area (Å²) >= 11 is 0. The highest BCUT2D eigenvalue weighted by Crippen LogP contribution is 2.43. The van der Waals surface area contributed by atoms with E-state index in [0.29, 0.717) is 24.5 Å². The third kappa shape index (κ3) is 4.18. The van der Waals surface area contributed by atoms with Gasteiger partial charge in [0, 0.05) is 5.92 Å². The summed E-state index contributed by atoms with van der Waals surface area (Å²) in [5.41, 5.74) is 1.20. The lowest BCUT2D eigenvalue weighted by Crippen LogP contribution is -2.40. The molecule has 0 spiro atoms. The second-order valence-electron chi connectivity index (χ2n) is 7.66. The summed E-state index contributed by atoms with van der Waals surface area (Å²) in [7, 11) is 0.144.